The lowest BCUT2D eigenvalue weighted by atomic mass is 10.1. The molecule has 2 nitrogen and oxygen atoms in total. The predicted molar refractivity (Wildman–Crippen MR) is 65.4 cm³/mol. The zero-order valence-corrected chi connectivity index (χ0v) is 9.52. The Morgan fingerprint density at radius 2 is 2.12 bits per heavy atom. The van der Waals surface area contributed by atoms with Crippen LogP contribution in [-0.2, 0) is 15.9 Å². The fourth-order valence-electron chi connectivity index (χ4n) is 1.58. The van der Waals surface area contributed by atoms with Crippen molar-refractivity contribution >= 4 is 6.08 Å². The van der Waals surface area contributed by atoms with Gasteiger partial charge in [-0.1, -0.05) is 36.9 Å². The fourth-order valence-corrected chi connectivity index (χ4v) is 1.58. The first kappa shape index (κ1) is 11.4. The maximum atomic E-state index is 5.48. The van der Waals surface area contributed by atoms with E-state index in [4.69, 9.17) is 9.47 Å². The van der Waals surface area contributed by atoms with Gasteiger partial charge in [-0.15, -0.1) is 0 Å². The van der Waals surface area contributed by atoms with Gasteiger partial charge in [-0.05, 0) is 24.0 Å². The molecule has 0 saturated carbocycles. The van der Waals surface area contributed by atoms with Crippen molar-refractivity contribution in [2.45, 2.75) is 18.9 Å². The van der Waals surface area contributed by atoms with Gasteiger partial charge in [-0.25, -0.2) is 0 Å². The molecule has 1 aromatic rings. The van der Waals surface area contributed by atoms with Gasteiger partial charge in [0.15, 0.2) is 0 Å². The Hall–Kier alpha value is -1.12. The highest BCUT2D eigenvalue weighted by Gasteiger charge is 2.21. The predicted octanol–water partition coefficient (Wildman–Crippen LogP) is 2.68. The number of benzene rings is 1. The summed E-state index contributed by atoms with van der Waals surface area (Å²) in [5, 5.41) is 0. The van der Waals surface area contributed by atoms with Gasteiger partial charge < -0.3 is 9.47 Å². The first-order valence-electron chi connectivity index (χ1n) is 5.79. The minimum atomic E-state index is 0.381. The number of hydrogen-bond donors (Lipinski definition) is 0. The summed E-state index contributed by atoms with van der Waals surface area (Å²) >= 11 is 0. The Morgan fingerprint density at radius 3 is 2.75 bits per heavy atom. The molecule has 1 aliphatic heterocycles. The number of aryl methyl sites for hydroxylation is 1. The van der Waals surface area contributed by atoms with Crippen molar-refractivity contribution in [2.75, 3.05) is 19.8 Å². The molecule has 16 heavy (non-hydrogen) atoms. The van der Waals surface area contributed by atoms with Crippen molar-refractivity contribution in [1.82, 2.24) is 0 Å². The van der Waals surface area contributed by atoms with E-state index in [9.17, 15) is 0 Å². The number of hydrogen-bond acceptors (Lipinski definition) is 2. The van der Waals surface area contributed by atoms with Gasteiger partial charge in [0.2, 0.25) is 0 Å². The third-order valence-electron chi connectivity index (χ3n) is 2.68. The van der Waals surface area contributed by atoms with Gasteiger partial charge in [0, 0.05) is 6.61 Å². The van der Waals surface area contributed by atoms with Crippen LogP contribution in [0.4, 0.5) is 0 Å². The second-order valence-electron chi connectivity index (χ2n) is 4.08. The zero-order chi connectivity index (χ0) is 11.2. The molecule has 1 fully saturated rings. The Bertz CT molecular complexity index is 325. The average molecular weight is 218 g/mol. The molecule has 1 aromatic carbocycles. The lowest BCUT2D eigenvalue weighted by Gasteiger charge is -2.03. The highest BCUT2D eigenvalue weighted by molar-refractivity contribution is 5.47. The second-order valence-corrected chi connectivity index (χ2v) is 4.08. The van der Waals surface area contributed by atoms with E-state index in [-0.39, 0.29) is 0 Å². The fraction of sp³-hybridized carbons (Fsp3) is 0.429. The Kier molecular flexibility index (Phi) is 4.14. The third-order valence-corrected chi connectivity index (χ3v) is 2.68. The second kappa shape index (κ2) is 5.83. The third kappa shape index (κ3) is 3.80. The van der Waals surface area contributed by atoms with E-state index in [1.165, 1.54) is 11.1 Å². The molecule has 0 spiro atoms. The summed E-state index contributed by atoms with van der Waals surface area (Å²) < 4.78 is 10.5. The minimum Gasteiger partial charge on any atom is -0.379 e. The van der Waals surface area contributed by atoms with Crippen molar-refractivity contribution in [3.8, 4) is 0 Å². The first-order valence-corrected chi connectivity index (χ1v) is 5.79. The molecular weight excluding hydrogens is 200 g/mol. The van der Waals surface area contributed by atoms with E-state index in [1.54, 1.807) is 0 Å². The molecule has 1 unspecified atom stereocenters. The topological polar surface area (TPSA) is 21.8 Å². The molecule has 0 amide bonds. The van der Waals surface area contributed by atoms with E-state index in [0.717, 1.165) is 32.7 Å². The molecule has 0 aromatic heterocycles. The van der Waals surface area contributed by atoms with Crippen LogP contribution in [0.2, 0.25) is 0 Å². The summed E-state index contributed by atoms with van der Waals surface area (Å²) in [7, 11) is 0. The lowest BCUT2D eigenvalue weighted by molar-refractivity contribution is 0.114. The monoisotopic (exact) mass is 218 g/mol. The van der Waals surface area contributed by atoms with E-state index < -0.39 is 0 Å². The molecule has 1 heterocycles. The molecule has 1 aliphatic rings. The summed E-state index contributed by atoms with van der Waals surface area (Å²) in [5.74, 6) is 0. The quantitative estimate of drug-likeness (QED) is 0.518. The Labute approximate surface area is 96.9 Å². The van der Waals surface area contributed by atoms with Gasteiger partial charge in [-0.2, -0.15) is 0 Å². The van der Waals surface area contributed by atoms with Crippen LogP contribution in [-0.4, -0.2) is 25.9 Å². The Morgan fingerprint density at radius 1 is 1.38 bits per heavy atom. The van der Waals surface area contributed by atoms with Gasteiger partial charge in [0.05, 0.1) is 13.2 Å². The van der Waals surface area contributed by atoms with Gasteiger partial charge in [0.1, 0.15) is 6.10 Å². The van der Waals surface area contributed by atoms with Crippen molar-refractivity contribution < 1.29 is 9.47 Å². The highest BCUT2D eigenvalue weighted by atomic mass is 16.6. The van der Waals surface area contributed by atoms with Crippen molar-refractivity contribution in [3.63, 3.8) is 0 Å². The van der Waals surface area contributed by atoms with Crippen molar-refractivity contribution in [2.24, 2.45) is 0 Å². The van der Waals surface area contributed by atoms with E-state index in [0.29, 0.717) is 6.10 Å². The summed E-state index contributed by atoms with van der Waals surface area (Å²) in [6.07, 6.45) is 4.39. The molecule has 2 rings (SSSR count). The summed E-state index contributed by atoms with van der Waals surface area (Å²) in [6.45, 7) is 6.20. The lowest BCUT2D eigenvalue weighted by Crippen LogP contribution is -2.03. The summed E-state index contributed by atoms with van der Waals surface area (Å²) in [6, 6.07) is 8.50. The minimum absolute atomic E-state index is 0.381. The molecular formula is C14H18O2. The van der Waals surface area contributed by atoms with Gasteiger partial charge >= 0.3 is 0 Å². The van der Waals surface area contributed by atoms with Crippen LogP contribution in [0.3, 0.4) is 0 Å². The molecule has 1 saturated heterocycles. The largest absolute Gasteiger partial charge is 0.379 e. The van der Waals surface area contributed by atoms with Crippen LogP contribution in [0.15, 0.2) is 30.8 Å². The zero-order valence-electron chi connectivity index (χ0n) is 9.52. The van der Waals surface area contributed by atoms with Crippen LogP contribution in [0, 0.1) is 0 Å². The maximum Gasteiger partial charge on any atom is 0.104 e. The van der Waals surface area contributed by atoms with Gasteiger partial charge in [0.25, 0.3) is 0 Å². The van der Waals surface area contributed by atoms with Crippen LogP contribution < -0.4 is 0 Å². The molecule has 0 bridgehead atoms. The molecule has 2 heteroatoms. The molecule has 1 atom stereocenters. The normalized spacial score (nSPS) is 18.4. The average Bonchev–Trinajstić information content (AvgIpc) is 3.13. The van der Waals surface area contributed by atoms with Gasteiger partial charge in [-0.3, -0.25) is 0 Å². The van der Waals surface area contributed by atoms with E-state index in [2.05, 4.69) is 30.8 Å². The molecule has 0 radical (unpaired) electrons. The highest BCUT2D eigenvalue weighted by Crippen LogP contribution is 2.10. The number of rotatable bonds is 7. The van der Waals surface area contributed by atoms with Crippen LogP contribution in [0.5, 0.6) is 0 Å². The standard InChI is InChI=1S/C14H18O2/c1-2-12-5-7-13(8-6-12)4-3-9-15-10-14-11-16-14/h2,5-8,14H,1,3-4,9-11H2. The van der Waals surface area contributed by atoms with Crippen molar-refractivity contribution in [1.29, 1.82) is 0 Å². The SMILES string of the molecule is C=Cc1ccc(CCCOCC2CO2)cc1. The van der Waals surface area contributed by atoms with Crippen LogP contribution in [0.25, 0.3) is 6.08 Å². The molecule has 0 N–H and O–H groups in total. The van der Waals surface area contributed by atoms with Crippen molar-refractivity contribution in [3.05, 3.63) is 42.0 Å². The maximum absolute atomic E-state index is 5.48. The number of ether oxygens (including phenoxy) is 2. The van der Waals surface area contributed by atoms with Crippen LogP contribution in [0.1, 0.15) is 17.5 Å². The smallest absolute Gasteiger partial charge is 0.104 e. The summed E-state index contributed by atoms with van der Waals surface area (Å²) in [5.41, 5.74) is 2.53. The Balaban J connectivity index is 1.61. The number of epoxide rings is 1. The summed E-state index contributed by atoms with van der Waals surface area (Å²) in [4.78, 5) is 0. The van der Waals surface area contributed by atoms with Crippen LogP contribution >= 0.6 is 0 Å². The first-order chi connectivity index (χ1) is 7.88. The molecule has 0 aliphatic carbocycles. The van der Waals surface area contributed by atoms with E-state index >= 15 is 0 Å². The van der Waals surface area contributed by atoms with E-state index in [1.807, 2.05) is 6.08 Å². The molecule has 86 valence electrons.